The Labute approximate surface area is 118 Å². The smallest absolute Gasteiger partial charge is 0.257 e. The minimum absolute atomic E-state index is 0.154. The molecule has 2 aromatic carbocycles. The summed E-state index contributed by atoms with van der Waals surface area (Å²) >= 11 is 0. The summed E-state index contributed by atoms with van der Waals surface area (Å²) < 4.78 is 39.5. The van der Waals surface area contributed by atoms with Crippen LogP contribution in [0.4, 0.5) is 24.5 Å². The highest BCUT2D eigenvalue weighted by molar-refractivity contribution is 6.08. The van der Waals surface area contributed by atoms with Crippen LogP contribution in [0.1, 0.15) is 15.9 Å². The van der Waals surface area contributed by atoms with E-state index < -0.39 is 29.0 Å². The van der Waals surface area contributed by atoms with Crippen molar-refractivity contribution >= 4 is 17.3 Å². The number of carbonyl (C=O) groups excluding carboxylic acids is 1. The number of hydrogen-bond donors (Lipinski definition) is 3. The first-order valence-corrected chi connectivity index (χ1v) is 5.96. The molecule has 2 rings (SSSR count). The van der Waals surface area contributed by atoms with Gasteiger partial charge in [0.2, 0.25) is 0 Å². The summed E-state index contributed by atoms with van der Waals surface area (Å²) in [7, 11) is 0. The molecule has 0 saturated carbocycles. The summed E-state index contributed by atoms with van der Waals surface area (Å²) in [6.07, 6.45) is 0. The zero-order valence-corrected chi connectivity index (χ0v) is 11.0. The Hall–Kier alpha value is -2.54. The highest BCUT2D eigenvalue weighted by Crippen LogP contribution is 2.22. The lowest BCUT2D eigenvalue weighted by atomic mass is 10.1. The molecule has 4 N–H and O–H groups in total. The molecule has 7 heteroatoms. The predicted octanol–water partition coefficient (Wildman–Crippen LogP) is 2.95. The molecular weight excluding hydrogens is 283 g/mol. The van der Waals surface area contributed by atoms with Gasteiger partial charge in [0.05, 0.1) is 16.9 Å². The number of anilines is 2. The highest BCUT2D eigenvalue weighted by atomic mass is 19.2. The first kappa shape index (κ1) is 14.9. The van der Waals surface area contributed by atoms with E-state index in [1.165, 1.54) is 6.07 Å². The van der Waals surface area contributed by atoms with Crippen molar-refractivity contribution in [2.75, 3.05) is 10.7 Å². The molecule has 4 nitrogen and oxygen atoms in total. The van der Waals surface area contributed by atoms with E-state index >= 15 is 0 Å². The van der Waals surface area contributed by atoms with E-state index in [9.17, 15) is 18.0 Å². The number of nitrogens with one attached hydrogen (secondary N) is 2. The molecule has 0 unspecified atom stereocenters. The molecule has 0 aliphatic rings. The van der Waals surface area contributed by atoms with Crippen molar-refractivity contribution in [2.45, 2.75) is 6.92 Å². The maximum atomic E-state index is 13.5. The van der Waals surface area contributed by atoms with E-state index in [2.05, 4.69) is 10.7 Å². The molecule has 0 radical (unpaired) electrons. The van der Waals surface area contributed by atoms with E-state index in [-0.39, 0.29) is 5.56 Å². The summed E-state index contributed by atoms with van der Waals surface area (Å²) in [5.74, 6) is 0.162. The van der Waals surface area contributed by atoms with Crippen LogP contribution in [-0.2, 0) is 0 Å². The first-order chi connectivity index (χ1) is 9.93. The van der Waals surface area contributed by atoms with Gasteiger partial charge in [0, 0.05) is 0 Å². The van der Waals surface area contributed by atoms with Crippen LogP contribution in [0.25, 0.3) is 0 Å². The second-order valence-corrected chi connectivity index (χ2v) is 4.37. The number of nitrogens with two attached hydrogens (primary N) is 1. The summed E-state index contributed by atoms with van der Waals surface area (Å²) in [6, 6.07) is 6.50. The third-order valence-electron chi connectivity index (χ3n) is 2.86. The second kappa shape index (κ2) is 5.84. The van der Waals surface area contributed by atoms with E-state index in [1.54, 1.807) is 19.1 Å². The molecule has 21 heavy (non-hydrogen) atoms. The van der Waals surface area contributed by atoms with E-state index in [1.807, 2.05) is 0 Å². The van der Waals surface area contributed by atoms with Gasteiger partial charge in [-0.2, -0.15) is 0 Å². The predicted molar refractivity (Wildman–Crippen MR) is 73.3 cm³/mol. The Morgan fingerprint density at radius 2 is 1.71 bits per heavy atom. The minimum Gasteiger partial charge on any atom is -0.323 e. The molecule has 0 aromatic heterocycles. The molecule has 110 valence electrons. The van der Waals surface area contributed by atoms with Crippen LogP contribution in [0, 0.1) is 24.4 Å². The van der Waals surface area contributed by atoms with Crippen LogP contribution in [0.5, 0.6) is 0 Å². The van der Waals surface area contributed by atoms with Crippen molar-refractivity contribution in [2.24, 2.45) is 5.84 Å². The normalized spacial score (nSPS) is 10.3. The van der Waals surface area contributed by atoms with Gasteiger partial charge in [-0.15, -0.1) is 0 Å². The standard InChI is InChI=1S/C14H12F3N3O/c1-7-2-4-10(20-18)8(6-7)14(21)19-11-5-3-9(15)12(16)13(11)17/h2-6,20H,18H2,1H3,(H,19,21). The number of halogens is 3. The first-order valence-electron chi connectivity index (χ1n) is 5.96. The quantitative estimate of drug-likeness (QED) is 0.463. The van der Waals surface area contributed by atoms with Crippen LogP contribution < -0.4 is 16.6 Å². The number of rotatable bonds is 3. The Balaban J connectivity index is 2.35. The van der Waals surface area contributed by atoms with Gasteiger partial charge < -0.3 is 10.7 Å². The molecule has 0 spiro atoms. The minimum atomic E-state index is -1.64. The van der Waals surface area contributed by atoms with Crippen LogP contribution >= 0.6 is 0 Å². The summed E-state index contributed by atoms with van der Waals surface area (Å²) in [5, 5.41) is 2.18. The Morgan fingerprint density at radius 1 is 1.05 bits per heavy atom. The van der Waals surface area contributed by atoms with E-state index in [0.717, 1.165) is 17.7 Å². The van der Waals surface area contributed by atoms with Gasteiger partial charge in [0.1, 0.15) is 0 Å². The van der Waals surface area contributed by atoms with Gasteiger partial charge in [-0.3, -0.25) is 10.6 Å². The van der Waals surface area contributed by atoms with Gasteiger partial charge in [-0.1, -0.05) is 11.6 Å². The van der Waals surface area contributed by atoms with Crippen molar-refractivity contribution in [3.8, 4) is 0 Å². The number of hydrogen-bond acceptors (Lipinski definition) is 3. The molecular formula is C14H12F3N3O. The van der Waals surface area contributed by atoms with Crippen molar-refractivity contribution < 1.29 is 18.0 Å². The zero-order chi connectivity index (χ0) is 15.6. The fourth-order valence-corrected chi connectivity index (χ4v) is 1.78. The van der Waals surface area contributed by atoms with Crippen molar-refractivity contribution in [1.29, 1.82) is 0 Å². The molecule has 0 bridgehead atoms. The van der Waals surface area contributed by atoms with Gasteiger partial charge in [-0.05, 0) is 31.2 Å². The average Bonchev–Trinajstić information content (AvgIpc) is 2.47. The molecule has 0 aliphatic carbocycles. The number of carbonyl (C=O) groups is 1. The van der Waals surface area contributed by atoms with Crippen molar-refractivity contribution in [1.82, 2.24) is 0 Å². The summed E-state index contributed by atoms with van der Waals surface area (Å²) in [6.45, 7) is 1.76. The van der Waals surface area contributed by atoms with Gasteiger partial charge in [0.25, 0.3) is 5.91 Å². The maximum Gasteiger partial charge on any atom is 0.257 e. The zero-order valence-electron chi connectivity index (χ0n) is 11.0. The number of aryl methyl sites for hydroxylation is 1. The van der Waals surface area contributed by atoms with Crippen LogP contribution in [0.2, 0.25) is 0 Å². The van der Waals surface area contributed by atoms with Gasteiger partial charge >= 0.3 is 0 Å². The molecule has 0 heterocycles. The topological polar surface area (TPSA) is 67.1 Å². The van der Waals surface area contributed by atoms with Gasteiger partial charge in [-0.25, -0.2) is 13.2 Å². The largest absolute Gasteiger partial charge is 0.323 e. The molecule has 1 amide bonds. The fourth-order valence-electron chi connectivity index (χ4n) is 1.78. The van der Waals surface area contributed by atoms with E-state index in [0.29, 0.717) is 5.69 Å². The molecule has 0 atom stereocenters. The monoisotopic (exact) mass is 295 g/mol. The lowest BCUT2D eigenvalue weighted by Crippen LogP contribution is -2.18. The van der Waals surface area contributed by atoms with Crippen molar-refractivity contribution in [3.05, 3.63) is 58.9 Å². The second-order valence-electron chi connectivity index (χ2n) is 4.37. The number of amides is 1. The number of nitrogen functional groups attached to an aromatic ring is 1. The third-order valence-corrected chi connectivity index (χ3v) is 2.86. The highest BCUT2D eigenvalue weighted by Gasteiger charge is 2.17. The number of hydrazine groups is 1. The number of benzene rings is 2. The molecule has 0 aliphatic heterocycles. The fraction of sp³-hybridized carbons (Fsp3) is 0.0714. The molecule has 0 fully saturated rings. The van der Waals surface area contributed by atoms with Crippen LogP contribution in [-0.4, -0.2) is 5.91 Å². The lowest BCUT2D eigenvalue weighted by molar-refractivity contribution is 0.102. The van der Waals surface area contributed by atoms with Crippen LogP contribution in [0.3, 0.4) is 0 Å². The summed E-state index contributed by atoms with van der Waals surface area (Å²) in [4.78, 5) is 12.1. The van der Waals surface area contributed by atoms with E-state index in [4.69, 9.17) is 5.84 Å². The van der Waals surface area contributed by atoms with Crippen LogP contribution in [0.15, 0.2) is 30.3 Å². The van der Waals surface area contributed by atoms with Crippen molar-refractivity contribution in [3.63, 3.8) is 0 Å². The van der Waals surface area contributed by atoms with Gasteiger partial charge in [0.15, 0.2) is 17.5 Å². The Bertz CT molecular complexity index is 704. The third kappa shape index (κ3) is 2.97. The Kier molecular flexibility index (Phi) is 4.13. The molecule has 2 aromatic rings. The lowest BCUT2D eigenvalue weighted by Gasteiger charge is -2.11. The SMILES string of the molecule is Cc1ccc(NN)c(C(=O)Nc2ccc(F)c(F)c2F)c1. The summed E-state index contributed by atoms with van der Waals surface area (Å²) in [5.41, 5.74) is 3.14. The Morgan fingerprint density at radius 3 is 2.38 bits per heavy atom. The maximum absolute atomic E-state index is 13.5. The molecule has 0 saturated heterocycles. The average molecular weight is 295 g/mol.